The van der Waals surface area contributed by atoms with E-state index < -0.39 is 23.6 Å². The molecule has 0 atom stereocenters. The first-order valence-electron chi connectivity index (χ1n) is 7.63. The molecule has 4 nitrogen and oxygen atoms in total. The molecule has 6 heteroatoms. The van der Waals surface area contributed by atoms with E-state index >= 15 is 0 Å². The smallest absolute Gasteiger partial charge is 0.338 e. The Balaban J connectivity index is 3.07. The fraction of sp³-hybridized carbons (Fsp3) is 0.200. The molecule has 1 rings (SSSR count). The van der Waals surface area contributed by atoms with Crippen molar-refractivity contribution in [3.05, 3.63) is 71.5 Å². The number of hydrogen-bond acceptors (Lipinski definition) is 4. The van der Waals surface area contributed by atoms with Gasteiger partial charge in [-0.25, -0.2) is 18.4 Å². The van der Waals surface area contributed by atoms with Crippen LogP contribution in [0, 0.1) is 5.82 Å². The van der Waals surface area contributed by atoms with Crippen LogP contribution in [0.3, 0.4) is 0 Å². The Hall–Kier alpha value is -3.02. The minimum atomic E-state index is -0.775. The van der Waals surface area contributed by atoms with E-state index in [-0.39, 0.29) is 33.8 Å². The maximum Gasteiger partial charge on any atom is 0.338 e. The summed E-state index contributed by atoms with van der Waals surface area (Å²) in [5.74, 6) is -2.93. The SMILES string of the molecule is C=C(C)C(=O)O/C(C)=C/C(F)=C(\C)c1ccc(OC(=O)C(=C)C)cc1F. The molecule has 0 saturated heterocycles. The van der Waals surface area contributed by atoms with Crippen molar-refractivity contribution in [3.63, 3.8) is 0 Å². The van der Waals surface area contributed by atoms with Gasteiger partial charge in [0.05, 0.1) is 0 Å². The van der Waals surface area contributed by atoms with Crippen LogP contribution in [0.25, 0.3) is 5.57 Å². The van der Waals surface area contributed by atoms with Crippen LogP contribution in [0.4, 0.5) is 8.78 Å². The molecular weight excluding hydrogens is 342 g/mol. The lowest BCUT2D eigenvalue weighted by Gasteiger charge is -2.08. The highest BCUT2D eigenvalue weighted by molar-refractivity contribution is 5.89. The average molecular weight is 362 g/mol. The molecule has 0 aromatic heterocycles. The van der Waals surface area contributed by atoms with Crippen LogP contribution in [0.5, 0.6) is 5.75 Å². The molecule has 0 radical (unpaired) electrons. The number of ether oxygens (including phenoxy) is 2. The van der Waals surface area contributed by atoms with E-state index in [1.54, 1.807) is 0 Å². The Morgan fingerprint density at radius 3 is 2.12 bits per heavy atom. The molecule has 138 valence electrons. The van der Waals surface area contributed by atoms with Gasteiger partial charge in [-0.15, -0.1) is 0 Å². The number of hydrogen-bond donors (Lipinski definition) is 0. The molecule has 0 aliphatic rings. The predicted octanol–water partition coefficient (Wildman–Crippen LogP) is 5.03. The predicted molar refractivity (Wildman–Crippen MR) is 95.2 cm³/mol. The average Bonchev–Trinajstić information content (AvgIpc) is 2.53. The second-order valence-electron chi connectivity index (χ2n) is 5.71. The first-order valence-corrected chi connectivity index (χ1v) is 7.63. The molecule has 1 aromatic carbocycles. The summed E-state index contributed by atoms with van der Waals surface area (Å²) in [6, 6.07) is 3.60. The first-order chi connectivity index (χ1) is 12.0. The van der Waals surface area contributed by atoms with Gasteiger partial charge in [0.2, 0.25) is 0 Å². The van der Waals surface area contributed by atoms with Crippen molar-refractivity contribution in [3.8, 4) is 5.75 Å². The highest BCUT2D eigenvalue weighted by Crippen LogP contribution is 2.27. The number of esters is 2. The van der Waals surface area contributed by atoms with E-state index in [1.165, 1.54) is 39.8 Å². The van der Waals surface area contributed by atoms with Gasteiger partial charge >= 0.3 is 11.9 Å². The molecule has 0 spiro atoms. The van der Waals surface area contributed by atoms with Crippen LogP contribution >= 0.6 is 0 Å². The van der Waals surface area contributed by atoms with Crippen molar-refractivity contribution in [1.82, 2.24) is 0 Å². The monoisotopic (exact) mass is 362 g/mol. The Morgan fingerprint density at radius 2 is 1.62 bits per heavy atom. The van der Waals surface area contributed by atoms with Crippen LogP contribution in [-0.2, 0) is 14.3 Å². The fourth-order valence-electron chi connectivity index (χ4n) is 1.74. The number of halogens is 2. The highest BCUT2D eigenvalue weighted by Gasteiger charge is 2.13. The molecular formula is C20H20F2O4. The fourth-order valence-corrected chi connectivity index (χ4v) is 1.74. The summed E-state index contributed by atoms with van der Waals surface area (Å²) in [5, 5.41) is 0. The van der Waals surface area contributed by atoms with Gasteiger partial charge in [0, 0.05) is 28.9 Å². The summed E-state index contributed by atoms with van der Waals surface area (Å²) in [4.78, 5) is 22.8. The summed E-state index contributed by atoms with van der Waals surface area (Å²) in [6.45, 7) is 12.5. The van der Waals surface area contributed by atoms with Crippen LogP contribution < -0.4 is 4.74 Å². The molecule has 0 N–H and O–H groups in total. The highest BCUT2D eigenvalue weighted by atomic mass is 19.1. The molecule has 0 aliphatic carbocycles. The summed E-state index contributed by atoms with van der Waals surface area (Å²) < 4.78 is 38.3. The number of allylic oxidation sites excluding steroid dienone is 4. The van der Waals surface area contributed by atoms with E-state index in [1.807, 2.05) is 0 Å². The number of rotatable bonds is 6. The van der Waals surface area contributed by atoms with Gasteiger partial charge in [0.25, 0.3) is 0 Å². The molecule has 0 unspecified atom stereocenters. The second-order valence-corrected chi connectivity index (χ2v) is 5.71. The van der Waals surface area contributed by atoms with E-state index in [4.69, 9.17) is 9.47 Å². The molecule has 1 aromatic rings. The van der Waals surface area contributed by atoms with Crippen LogP contribution in [0.2, 0.25) is 0 Å². The zero-order chi connectivity index (χ0) is 20.0. The lowest BCUT2D eigenvalue weighted by molar-refractivity contribution is -0.135. The number of carbonyl (C=O) groups excluding carboxylic acids is 2. The van der Waals surface area contributed by atoms with Gasteiger partial charge in [-0.2, -0.15) is 0 Å². The molecule has 0 amide bonds. The maximum absolute atomic E-state index is 14.3. The van der Waals surface area contributed by atoms with Crippen molar-refractivity contribution in [2.24, 2.45) is 0 Å². The van der Waals surface area contributed by atoms with Crippen molar-refractivity contribution in [2.45, 2.75) is 27.7 Å². The van der Waals surface area contributed by atoms with Crippen molar-refractivity contribution in [1.29, 1.82) is 0 Å². The first kappa shape index (κ1) is 21.0. The van der Waals surface area contributed by atoms with Crippen molar-refractivity contribution in [2.75, 3.05) is 0 Å². The normalized spacial score (nSPS) is 12.2. The van der Waals surface area contributed by atoms with E-state index in [9.17, 15) is 18.4 Å². The van der Waals surface area contributed by atoms with Crippen molar-refractivity contribution >= 4 is 17.5 Å². The largest absolute Gasteiger partial charge is 0.428 e. The summed E-state index contributed by atoms with van der Waals surface area (Å²) in [6.07, 6.45) is 0.977. The van der Waals surface area contributed by atoms with Crippen LogP contribution in [0.15, 0.2) is 60.2 Å². The molecule has 0 heterocycles. The minimum absolute atomic E-state index is 0.00210. The minimum Gasteiger partial charge on any atom is -0.428 e. The van der Waals surface area contributed by atoms with E-state index in [0.29, 0.717) is 0 Å². The third-order valence-electron chi connectivity index (χ3n) is 3.19. The zero-order valence-electron chi connectivity index (χ0n) is 15.1. The van der Waals surface area contributed by atoms with Gasteiger partial charge in [-0.1, -0.05) is 13.2 Å². The maximum atomic E-state index is 14.3. The van der Waals surface area contributed by atoms with E-state index in [2.05, 4.69) is 13.2 Å². The summed E-state index contributed by atoms with van der Waals surface area (Å²) in [5.41, 5.74) is 0.310. The van der Waals surface area contributed by atoms with Gasteiger partial charge < -0.3 is 9.47 Å². The molecule has 26 heavy (non-hydrogen) atoms. The van der Waals surface area contributed by atoms with Crippen molar-refractivity contribution < 1.29 is 27.8 Å². The van der Waals surface area contributed by atoms with Crippen LogP contribution in [-0.4, -0.2) is 11.9 Å². The Bertz CT molecular complexity index is 832. The summed E-state index contributed by atoms with van der Waals surface area (Å²) in [7, 11) is 0. The second kappa shape index (κ2) is 8.89. The molecule has 0 aliphatic heterocycles. The molecule has 0 fully saturated rings. The Kier molecular flexibility index (Phi) is 7.19. The zero-order valence-corrected chi connectivity index (χ0v) is 15.1. The number of benzene rings is 1. The van der Waals surface area contributed by atoms with E-state index in [0.717, 1.165) is 12.1 Å². The Labute approximate surface area is 151 Å². The number of carbonyl (C=O) groups is 2. The lowest BCUT2D eigenvalue weighted by Crippen LogP contribution is -2.08. The van der Waals surface area contributed by atoms with Gasteiger partial charge in [0.15, 0.2) is 0 Å². The summed E-state index contributed by atoms with van der Waals surface area (Å²) >= 11 is 0. The van der Waals surface area contributed by atoms with Gasteiger partial charge in [0.1, 0.15) is 23.2 Å². The van der Waals surface area contributed by atoms with Gasteiger partial charge in [-0.05, 0) is 45.4 Å². The van der Waals surface area contributed by atoms with Gasteiger partial charge in [-0.3, -0.25) is 0 Å². The molecule has 0 saturated carbocycles. The topological polar surface area (TPSA) is 52.6 Å². The third kappa shape index (κ3) is 5.81. The molecule has 0 bridgehead atoms. The van der Waals surface area contributed by atoms with Crippen LogP contribution in [0.1, 0.15) is 33.3 Å². The standard InChI is InChI=1S/C20H20F2O4/c1-11(2)19(23)25-13(5)9-17(21)14(6)16-8-7-15(10-18(16)22)26-20(24)12(3)4/h7-10H,1,3H2,2,4-6H3/b13-9+,17-14-. The quantitative estimate of drug-likeness (QED) is 0.234. The lowest BCUT2D eigenvalue weighted by atomic mass is 10.1. The Morgan fingerprint density at radius 1 is 1.04 bits per heavy atom. The third-order valence-corrected chi connectivity index (χ3v) is 3.19.